The number of carboxylic acid groups (broad SMARTS) is 1. The first kappa shape index (κ1) is 30.0. The Morgan fingerprint density at radius 3 is 2.31 bits per heavy atom. The Labute approximate surface area is 267 Å². The van der Waals surface area contributed by atoms with Gasteiger partial charge in [0.25, 0.3) is 0 Å². The number of imidazole rings is 1. The number of pyridine rings is 1. The molecule has 228 valence electrons. The minimum absolute atomic E-state index is 0.0314. The second kappa shape index (κ2) is 12.5. The number of fused-ring (bicyclic) bond motifs is 1. The lowest BCUT2D eigenvalue weighted by molar-refractivity contribution is -0.119. The van der Waals surface area contributed by atoms with E-state index in [-0.39, 0.29) is 36.6 Å². The van der Waals surface area contributed by atoms with E-state index in [1.165, 1.54) is 16.5 Å². The summed E-state index contributed by atoms with van der Waals surface area (Å²) in [5.74, 6) is 0.178. The molecule has 2 amide bonds. The Morgan fingerprint density at radius 2 is 1.69 bits per heavy atom. The van der Waals surface area contributed by atoms with Gasteiger partial charge in [-0.2, -0.15) is 5.10 Å². The second-order valence-electron chi connectivity index (χ2n) is 10.5. The van der Waals surface area contributed by atoms with Crippen LogP contribution in [0.2, 0.25) is 10.0 Å². The van der Waals surface area contributed by atoms with Crippen LogP contribution >= 0.6 is 23.2 Å². The summed E-state index contributed by atoms with van der Waals surface area (Å²) in [5.41, 5.74) is 5.15. The third-order valence-corrected chi connectivity index (χ3v) is 8.40. The number of amides is 2. The fourth-order valence-electron chi connectivity index (χ4n) is 5.39. The third-order valence-electron chi connectivity index (χ3n) is 7.59. The summed E-state index contributed by atoms with van der Waals surface area (Å²) in [6, 6.07) is 17.9. The van der Waals surface area contributed by atoms with Gasteiger partial charge in [0.2, 0.25) is 11.8 Å². The van der Waals surface area contributed by atoms with Crippen LogP contribution in [0.1, 0.15) is 28.9 Å². The highest BCUT2D eigenvalue weighted by Gasteiger charge is 2.26. The molecule has 0 unspecified atom stereocenters. The number of aldehydes is 1. The number of carbonyl (C=O) groups is 3. The topological polar surface area (TPSA) is 139 Å². The molecular formula is C32H26Cl2N6O5. The van der Waals surface area contributed by atoms with E-state index in [0.29, 0.717) is 74.0 Å². The van der Waals surface area contributed by atoms with Crippen molar-refractivity contribution in [3.63, 3.8) is 0 Å². The van der Waals surface area contributed by atoms with Gasteiger partial charge >= 0.3 is 6.09 Å². The number of methoxy groups -OCH3 is 1. The Hall–Kier alpha value is -5.00. The van der Waals surface area contributed by atoms with Gasteiger partial charge in [-0.15, -0.1) is 0 Å². The lowest BCUT2D eigenvalue weighted by atomic mass is 9.98. The number of carbonyl (C=O) groups excluding carboxylic acids is 2. The smallest absolute Gasteiger partial charge is 0.407 e. The van der Waals surface area contributed by atoms with Gasteiger partial charge in [-0.3, -0.25) is 9.59 Å². The van der Waals surface area contributed by atoms with Gasteiger partial charge in [-0.1, -0.05) is 59.6 Å². The lowest BCUT2D eigenvalue weighted by Gasteiger charge is -2.23. The molecule has 1 saturated heterocycles. The van der Waals surface area contributed by atoms with E-state index in [4.69, 9.17) is 27.9 Å². The van der Waals surface area contributed by atoms with Crippen LogP contribution in [0.15, 0.2) is 66.9 Å². The molecule has 45 heavy (non-hydrogen) atoms. The maximum absolute atomic E-state index is 12.0. The number of rotatable bonds is 9. The highest BCUT2D eigenvalue weighted by Crippen LogP contribution is 2.42. The SMILES string of the molecule is COc1nc(-c2cccc(-c3cccc(-c4ccc5nc(C=O)cn5n4)c3Cl)c2Cl)ccc1CN(C[C@@H]1CCC(=O)N1)C(=O)O. The summed E-state index contributed by atoms with van der Waals surface area (Å²) in [7, 11) is 1.47. The number of benzene rings is 2. The Kier molecular flexibility index (Phi) is 8.38. The minimum Gasteiger partial charge on any atom is -0.481 e. The predicted molar refractivity (Wildman–Crippen MR) is 169 cm³/mol. The molecule has 2 aromatic carbocycles. The molecule has 0 spiro atoms. The predicted octanol–water partition coefficient (Wildman–Crippen LogP) is 6.01. The highest BCUT2D eigenvalue weighted by atomic mass is 35.5. The average molecular weight is 646 g/mol. The molecule has 4 heterocycles. The van der Waals surface area contributed by atoms with Crippen LogP contribution in [-0.4, -0.2) is 67.6 Å². The highest BCUT2D eigenvalue weighted by molar-refractivity contribution is 6.39. The van der Waals surface area contributed by atoms with Crippen LogP contribution in [0.4, 0.5) is 4.79 Å². The quantitative estimate of drug-likeness (QED) is 0.186. The van der Waals surface area contributed by atoms with E-state index < -0.39 is 6.09 Å². The van der Waals surface area contributed by atoms with Crippen molar-refractivity contribution in [2.45, 2.75) is 25.4 Å². The molecule has 0 saturated carbocycles. The third kappa shape index (κ3) is 6.04. The van der Waals surface area contributed by atoms with Crippen LogP contribution < -0.4 is 10.1 Å². The van der Waals surface area contributed by atoms with E-state index in [1.807, 2.05) is 36.4 Å². The molecule has 13 heteroatoms. The molecule has 0 aliphatic carbocycles. The number of halogens is 2. The fraction of sp³-hybridized carbons (Fsp3) is 0.188. The van der Waals surface area contributed by atoms with Gasteiger partial charge in [-0.25, -0.2) is 19.3 Å². The zero-order chi connectivity index (χ0) is 31.7. The van der Waals surface area contributed by atoms with E-state index >= 15 is 0 Å². The largest absolute Gasteiger partial charge is 0.481 e. The monoisotopic (exact) mass is 644 g/mol. The van der Waals surface area contributed by atoms with Gasteiger partial charge in [0.05, 0.1) is 41.3 Å². The molecule has 0 radical (unpaired) electrons. The zero-order valence-electron chi connectivity index (χ0n) is 23.9. The average Bonchev–Trinajstić information content (AvgIpc) is 3.66. The molecule has 1 aliphatic heterocycles. The van der Waals surface area contributed by atoms with Gasteiger partial charge < -0.3 is 20.1 Å². The van der Waals surface area contributed by atoms with Crippen molar-refractivity contribution in [1.29, 1.82) is 0 Å². The molecule has 1 aliphatic rings. The Balaban J connectivity index is 1.31. The number of nitrogens with one attached hydrogen (secondary N) is 1. The number of hydrogen-bond donors (Lipinski definition) is 2. The summed E-state index contributed by atoms with van der Waals surface area (Å²) in [6.07, 6.45) is 2.07. The molecule has 5 aromatic rings. The number of aromatic nitrogens is 4. The molecular weight excluding hydrogens is 619 g/mol. The molecule has 1 fully saturated rings. The maximum Gasteiger partial charge on any atom is 0.407 e. The van der Waals surface area contributed by atoms with E-state index in [0.717, 1.165) is 0 Å². The van der Waals surface area contributed by atoms with Crippen molar-refractivity contribution in [1.82, 2.24) is 29.8 Å². The first-order chi connectivity index (χ1) is 21.7. The molecule has 6 rings (SSSR count). The normalized spacial score (nSPS) is 14.4. The summed E-state index contributed by atoms with van der Waals surface area (Å²) >= 11 is 13.9. The Bertz CT molecular complexity index is 1960. The minimum atomic E-state index is -1.11. The van der Waals surface area contributed by atoms with Crippen LogP contribution in [0.25, 0.3) is 39.3 Å². The van der Waals surface area contributed by atoms with Crippen molar-refractivity contribution in [3.05, 3.63) is 88.2 Å². The van der Waals surface area contributed by atoms with E-state index in [1.54, 1.807) is 30.5 Å². The summed E-state index contributed by atoms with van der Waals surface area (Å²) in [4.78, 5) is 44.8. The van der Waals surface area contributed by atoms with Crippen LogP contribution in [-0.2, 0) is 11.3 Å². The van der Waals surface area contributed by atoms with Crippen molar-refractivity contribution >= 4 is 47.1 Å². The van der Waals surface area contributed by atoms with Crippen LogP contribution in [0, 0.1) is 0 Å². The first-order valence-corrected chi connectivity index (χ1v) is 14.7. The van der Waals surface area contributed by atoms with Crippen LogP contribution in [0.5, 0.6) is 5.88 Å². The van der Waals surface area contributed by atoms with Gasteiger partial charge in [0.15, 0.2) is 11.9 Å². The summed E-state index contributed by atoms with van der Waals surface area (Å²) < 4.78 is 7.08. The maximum atomic E-state index is 12.0. The van der Waals surface area contributed by atoms with E-state index in [9.17, 15) is 19.5 Å². The van der Waals surface area contributed by atoms with Crippen molar-refractivity contribution in [2.75, 3.05) is 13.7 Å². The van der Waals surface area contributed by atoms with E-state index in [2.05, 4.69) is 20.4 Å². The van der Waals surface area contributed by atoms with Crippen molar-refractivity contribution in [2.24, 2.45) is 0 Å². The van der Waals surface area contributed by atoms with Crippen molar-refractivity contribution < 1.29 is 24.2 Å². The molecule has 1 atom stereocenters. The fourth-order valence-corrected chi connectivity index (χ4v) is 6.04. The van der Waals surface area contributed by atoms with Gasteiger partial charge in [0, 0.05) is 46.8 Å². The van der Waals surface area contributed by atoms with Crippen LogP contribution in [0.3, 0.4) is 0 Å². The zero-order valence-corrected chi connectivity index (χ0v) is 25.4. The molecule has 2 N–H and O–H groups in total. The standard InChI is InChI=1S/C32H26Cl2N6O5/c1-45-31-18(14-39(32(43)44)15-19-9-13-28(42)36-19)8-10-25(37-31)23-6-2-4-21(29(23)33)22-5-3-7-24(30(22)34)26-11-12-27-35-20(17-41)16-40(27)38-26/h2-8,10-12,16-17,19H,9,13-15H2,1H3,(H,36,42)(H,43,44)/t19-/m0/s1. The van der Waals surface area contributed by atoms with Gasteiger partial charge in [-0.05, 0) is 30.7 Å². The second-order valence-corrected chi connectivity index (χ2v) is 11.2. The lowest BCUT2D eigenvalue weighted by Crippen LogP contribution is -2.41. The number of hydrogen-bond acceptors (Lipinski definition) is 7. The first-order valence-electron chi connectivity index (χ1n) is 14.0. The Morgan fingerprint density at radius 1 is 1.02 bits per heavy atom. The molecule has 3 aromatic heterocycles. The summed E-state index contributed by atoms with van der Waals surface area (Å²) in [6.45, 7) is 0.189. The van der Waals surface area contributed by atoms with Crippen molar-refractivity contribution in [3.8, 4) is 39.5 Å². The number of nitrogens with zero attached hydrogens (tertiary/aromatic N) is 5. The van der Waals surface area contributed by atoms with Gasteiger partial charge in [0.1, 0.15) is 5.69 Å². The molecule has 11 nitrogen and oxygen atoms in total. The number of ether oxygens (including phenoxy) is 1. The molecule has 0 bridgehead atoms. The summed E-state index contributed by atoms with van der Waals surface area (Å²) in [5, 5.41) is 18.0.